The number of hydrogen-bond donors (Lipinski definition) is 0. The molecule has 0 spiro atoms. The van der Waals surface area contributed by atoms with Crippen molar-refractivity contribution in [3.05, 3.63) is 0 Å². The van der Waals surface area contributed by atoms with Crippen LogP contribution < -0.4 is 0 Å². The second-order valence-electron chi connectivity index (χ2n) is 9.53. The summed E-state index contributed by atoms with van der Waals surface area (Å²) in [4.78, 5) is 15.3. The van der Waals surface area contributed by atoms with Crippen molar-refractivity contribution in [3.8, 4) is 0 Å². The first-order chi connectivity index (χ1) is 15.2. The van der Waals surface area contributed by atoms with Crippen LogP contribution in [0.3, 0.4) is 0 Å². The van der Waals surface area contributed by atoms with Gasteiger partial charge in [0, 0.05) is 0 Å². The van der Waals surface area contributed by atoms with Crippen molar-refractivity contribution < 1.29 is 9.53 Å². The van der Waals surface area contributed by atoms with Gasteiger partial charge >= 0.3 is 5.97 Å². The Bertz CT molecular complexity index is 366. The molecule has 0 rings (SSSR count). The van der Waals surface area contributed by atoms with E-state index in [0.717, 1.165) is 19.3 Å². The largest absolute Gasteiger partial charge is 0.465 e. The zero-order valence-corrected chi connectivity index (χ0v) is 21.9. The molecule has 0 radical (unpaired) electrons. The lowest BCUT2D eigenvalue weighted by Gasteiger charge is -2.20. The molecule has 0 amide bonds. The van der Waals surface area contributed by atoms with E-state index in [-0.39, 0.29) is 11.9 Å². The Balaban J connectivity index is 4.01. The molecule has 0 heterocycles. The summed E-state index contributed by atoms with van der Waals surface area (Å²) in [6.45, 7) is 13.3. The third-order valence-corrected chi connectivity index (χ3v) is 6.34. The first-order valence-electron chi connectivity index (χ1n) is 14.1. The normalized spacial score (nSPS) is 12.4. The molecule has 0 aromatic heterocycles. The molecule has 0 aliphatic rings. The molecule has 0 fully saturated rings. The number of carbonyl (C=O) groups excluding carboxylic acids is 1. The summed E-state index contributed by atoms with van der Waals surface area (Å²) in [5, 5.41) is 0. The molecule has 0 saturated carbocycles. The summed E-state index contributed by atoms with van der Waals surface area (Å²) in [7, 11) is 0. The summed E-state index contributed by atoms with van der Waals surface area (Å²) in [5.74, 6) is 0.224. The molecule has 1 atom stereocenters. The zero-order chi connectivity index (χ0) is 23.0. The van der Waals surface area contributed by atoms with E-state index in [9.17, 15) is 4.79 Å². The molecule has 186 valence electrons. The number of esters is 1. The van der Waals surface area contributed by atoms with Crippen LogP contribution in [0.4, 0.5) is 0 Å². The molecule has 0 saturated heterocycles. The third-order valence-electron chi connectivity index (χ3n) is 6.34. The van der Waals surface area contributed by atoms with Crippen molar-refractivity contribution in [1.29, 1.82) is 0 Å². The lowest BCUT2D eigenvalue weighted by molar-refractivity contribution is -0.149. The van der Waals surface area contributed by atoms with Gasteiger partial charge < -0.3 is 9.64 Å². The highest BCUT2D eigenvalue weighted by atomic mass is 16.5. The number of carbonyl (C=O) groups is 1. The van der Waals surface area contributed by atoms with Gasteiger partial charge in [-0.3, -0.25) is 4.79 Å². The van der Waals surface area contributed by atoms with Crippen molar-refractivity contribution >= 4 is 5.97 Å². The number of rotatable bonds is 24. The Morgan fingerprint density at radius 2 is 1.06 bits per heavy atom. The fourth-order valence-electron chi connectivity index (χ4n) is 4.42. The molecule has 3 nitrogen and oxygen atoms in total. The predicted octanol–water partition coefficient (Wildman–Crippen LogP) is 8.55. The van der Waals surface area contributed by atoms with E-state index in [2.05, 4.69) is 32.6 Å². The van der Waals surface area contributed by atoms with Crippen LogP contribution in [0.1, 0.15) is 143 Å². The van der Waals surface area contributed by atoms with E-state index in [1.165, 1.54) is 116 Å². The quantitative estimate of drug-likeness (QED) is 0.111. The van der Waals surface area contributed by atoms with Crippen molar-refractivity contribution in [1.82, 2.24) is 4.90 Å². The first-order valence-corrected chi connectivity index (χ1v) is 14.1. The fraction of sp³-hybridized carbons (Fsp3) is 0.964. The van der Waals surface area contributed by atoms with Crippen LogP contribution in [0.25, 0.3) is 0 Å². The highest BCUT2D eigenvalue weighted by Gasteiger charge is 2.19. The summed E-state index contributed by atoms with van der Waals surface area (Å²) >= 11 is 0. The molecule has 31 heavy (non-hydrogen) atoms. The molecular weight excluding hydrogens is 382 g/mol. The highest BCUT2D eigenvalue weighted by molar-refractivity contribution is 5.72. The molecule has 0 N–H and O–H groups in total. The van der Waals surface area contributed by atoms with Gasteiger partial charge in [-0.25, -0.2) is 0 Å². The van der Waals surface area contributed by atoms with Gasteiger partial charge in [0.1, 0.15) is 0 Å². The maximum atomic E-state index is 12.7. The number of hydrogen-bond acceptors (Lipinski definition) is 3. The summed E-state index contributed by atoms with van der Waals surface area (Å²) in [6.07, 6.45) is 22.0. The second-order valence-corrected chi connectivity index (χ2v) is 9.53. The lowest BCUT2D eigenvalue weighted by atomic mass is 9.94. The van der Waals surface area contributed by atoms with Gasteiger partial charge in [-0.15, -0.1) is 0 Å². The van der Waals surface area contributed by atoms with Gasteiger partial charge in [-0.1, -0.05) is 105 Å². The van der Waals surface area contributed by atoms with Gasteiger partial charge in [-0.2, -0.15) is 0 Å². The van der Waals surface area contributed by atoms with E-state index in [4.69, 9.17) is 4.74 Å². The minimum Gasteiger partial charge on any atom is -0.465 e. The van der Waals surface area contributed by atoms with Crippen LogP contribution in [-0.2, 0) is 9.53 Å². The Labute approximate surface area is 196 Å². The average Bonchev–Trinajstić information content (AvgIpc) is 2.76. The van der Waals surface area contributed by atoms with E-state index in [1.54, 1.807) is 0 Å². The number of unbranched alkanes of at least 4 members (excludes halogenated alkanes) is 11. The van der Waals surface area contributed by atoms with Crippen LogP contribution in [0.2, 0.25) is 0 Å². The Kier molecular flexibility index (Phi) is 23.6. The lowest BCUT2D eigenvalue weighted by Crippen LogP contribution is -2.26. The molecule has 0 aromatic carbocycles. The highest BCUT2D eigenvalue weighted by Crippen LogP contribution is 2.20. The monoisotopic (exact) mass is 439 g/mol. The topological polar surface area (TPSA) is 29.5 Å². The Morgan fingerprint density at radius 1 is 0.581 bits per heavy atom. The summed E-state index contributed by atoms with van der Waals surface area (Å²) in [5.41, 5.74) is 0. The van der Waals surface area contributed by atoms with Crippen LogP contribution in [0.5, 0.6) is 0 Å². The average molecular weight is 440 g/mol. The molecule has 1 unspecified atom stereocenters. The molecule has 0 aromatic rings. The van der Waals surface area contributed by atoms with Gasteiger partial charge in [0.2, 0.25) is 0 Å². The first kappa shape index (κ1) is 30.4. The van der Waals surface area contributed by atoms with Gasteiger partial charge in [0.05, 0.1) is 12.5 Å². The van der Waals surface area contributed by atoms with E-state index in [1.807, 2.05) is 0 Å². The maximum absolute atomic E-state index is 12.7. The Morgan fingerprint density at radius 3 is 1.65 bits per heavy atom. The second kappa shape index (κ2) is 24.1. The third kappa shape index (κ3) is 19.8. The molecule has 0 aliphatic heterocycles. The van der Waals surface area contributed by atoms with Gasteiger partial charge in [0.15, 0.2) is 0 Å². The van der Waals surface area contributed by atoms with Gasteiger partial charge in [-0.05, 0) is 58.2 Å². The van der Waals surface area contributed by atoms with E-state index >= 15 is 0 Å². The van der Waals surface area contributed by atoms with Crippen molar-refractivity contribution in [2.75, 3.05) is 26.2 Å². The van der Waals surface area contributed by atoms with Crippen molar-refractivity contribution in [2.45, 2.75) is 143 Å². The molecule has 0 aliphatic carbocycles. The van der Waals surface area contributed by atoms with Crippen molar-refractivity contribution in [3.63, 3.8) is 0 Å². The zero-order valence-electron chi connectivity index (χ0n) is 21.9. The van der Waals surface area contributed by atoms with Crippen molar-refractivity contribution in [2.24, 2.45) is 5.92 Å². The Hall–Kier alpha value is -0.570. The summed E-state index contributed by atoms with van der Waals surface area (Å²) < 4.78 is 5.71. The van der Waals surface area contributed by atoms with E-state index < -0.39 is 0 Å². The van der Waals surface area contributed by atoms with Crippen LogP contribution >= 0.6 is 0 Å². The van der Waals surface area contributed by atoms with Crippen LogP contribution in [-0.4, -0.2) is 37.1 Å². The maximum Gasteiger partial charge on any atom is 0.308 e. The fourth-order valence-corrected chi connectivity index (χ4v) is 4.42. The molecular formula is C28H57NO2. The summed E-state index contributed by atoms with van der Waals surface area (Å²) in [6, 6.07) is 0. The molecule has 3 heteroatoms. The minimum absolute atomic E-state index is 0.0853. The van der Waals surface area contributed by atoms with Crippen LogP contribution in [0, 0.1) is 5.92 Å². The standard InChI is InChI=1S/C28H57NO2/c1-5-9-11-13-14-18-22-27(21-17-12-10-6-2)28(30)31-26-20-16-15-19-25-29(23-7-3)24-8-4/h27H,5-26H2,1-4H3. The van der Waals surface area contributed by atoms with Gasteiger partial charge in [0.25, 0.3) is 0 Å². The van der Waals surface area contributed by atoms with E-state index in [0.29, 0.717) is 6.61 Å². The predicted molar refractivity (Wildman–Crippen MR) is 137 cm³/mol. The smallest absolute Gasteiger partial charge is 0.308 e. The minimum atomic E-state index is 0.0853. The molecule has 0 bridgehead atoms. The van der Waals surface area contributed by atoms with Crippen LogP contribution in [0.15, 0.2) is 0 Å². The number of nitrogens with zero attached hydrogens (tertiary/aromatic N) is 1. The number of ether oxygens (including phenoxy) is 1. The SMILES string of the molecule is CCCCCCCCC(CCCCCC)C(=O)OCCCCCCN(CCC)CCC.